The van der Waals surface area contributed by atoms with E-state index in [9.17, 15) is 9.59 Å². The van der Waals surface area contributed by atoms with Crippen LogP contribution in [-0.2, 0) is 9.53 Å². The number of benzene rings is 2. The molecule has 0 aliphatic heterocycles. The zero-order valence-electron chi connectivity index (χ0n) is 13.1. The molecular formula is C19H16N2O3. The number of nitrogens with zero attached hydrogens (tertiary/aromatic N) is 1. The van der Waals surface area contributed by atoms with E-state index in [4.69, 9.17) is 10.5 Å². The summed E-state index contributed by atoms with van der Waals surface area (Å²) in [5.74, 6) is -1.33. The van der Waals surface area contributed by atoms with Crippen LogP contribution in [0.2, 0.25) is 0 Å². The van der Waals surface area contributed by atoms with Gasteiger partial charge in [-0.2, -0.15) is 0 Å². The van der Waals surface area contributed by atoms with Crippen molar-refractivity contribution in [3.63, 3.8) is 0 Å². The minimum Gasteiger partial charge on any atom is -0.444 e. The molecule has 1 unspecified atom stereocenters. The van der Waals surface area contributed by atoms with Crippen molar-refractivity contribution in [3.8, 4) is 0 Å². The largest absolute Gasteiger partial charge is 0.444 e. The molecule has 1 atom stereocenters. The third-order valence-corrected chi connectivity index (χ3v) is 3.65. The molecule has 0 aliphatic carbocycles. The molecule has 1 heterocycles. The Labute approximate surface area is 139 Å². The molecule has 0 saturated carbocycles. The van der Waals surface area contributed by atoms with Crippen LogP contribution in [0.1, 0.15) is 27.7 Å². The summed E-state index contributed by atoms with van der Waals surface area (Å²) >= 11 is 0. The lowest BCUT2D eigenvalue weighted by Gasteiger charge is -2.16. The van der Waals surface area contributed by atoms with Gasteiger partial charge >= 0.3 is 5.97 Å². The number of carbonyl (C=O) groups is 2. The predicted molar refractivity (Wildman–Crippen MR) is 90.3 cm³/mol. The second-order valence-corrected chi connectivity index (χ2v) is 5.43. The molecule has 5 nitrogen and oxygen atoms in total. The predicted octanol–water partition coefficient (Wildman–Crippen LogP) is 2.93. The number of primary amides is 1. The van der Waals surface area contributed by atoms with E-state index in [-0.39, 0.29) is 0 Å². The maximum atomic E-state index is 12.6. The van der Waals surface area contributed by atoms with Gasteiger partial charge in [0.2, 0.25) is 6.10 Å². The van der Waals surface area contributed by atoms with E-state index >= 15 is 0 Å². The molecule has 3 rings (SSSR count). The highest BCUT2D eigenvalue weighted by atomic mass is 16.5. The van der Waals surface area contributed by atoms with Crippen molar-refractivity contribution >= 4 is 22.8 Å². The first kappa shape index (κ1) is 15.7. The summed E-state index contributed by atoms with van der Waals surface area (Å²) in [4.78, 5) is 28.8. The molecule has 5 heteroatoms. The second kappa shape index (κ2) is 6.50. The Morgan fingerprint density at radius 1 is 1.04 bits per heavy atom. The third kappa shape index (κ3) is 3.10. The number of aromatic nitrogens is 1. The number of nitrogens with two attached hydrogens (primary N) is 1. The standard InChI is InChI=1S/C19H16N2O3/c1-12-11-15(14-9-5-6-10-16(14)21-12)19(23)24-17(18(20)22)13-7-3-2-4-8-13/h2-11,17H,1H3,(H2,20,22). The lowest BCUT2D eigenvalue weighted by molar-refractivity contribution is -0.127. The smallest absolute Gasteiger partial charge is 0.340 e. The molecule has 0 radical (unpaired) electrons. The third-order valence-electron chi connectivity index (χ3n) is 3.65. The molecule has 0 bridgehead atoms. The summed E-state index contributed by atoms with van der Waals surface area (Å²) in [5, 5.41) is 0.671. The molecule has 3 aromatic rings. The Morgan fingerprint density at radius 3 is 2.42 bits per heavy atom. The number of amides is 1. The molecule has 0 fully saturated rings. The van der Waals surface area contributed by atoms with Crippen molar-refractivity contribution < 1.29 is 14.3 Å². The summed E-state index contributed by atoms with van der Waals surface area (Å²) < 4.78 is 5.41. The van der Waals surface area contributed by atoms with Gasteiger partial charge in [0.05, 0.1) is 11.1 Å². The van der Waals surface area contributed by atoms with Crippen molar-refractivity contribution in [2.75, 3.05) is 0 Å². The van der Waals surface area contributed by atoms with Crippen molar-refractivity contribution in [2.45, 2.75) is 13.0 Å². The number of hydrogen-bond acceptors (Lipinski definition) is 4. The van der Waals surface area contributed by atoms with Crippen LogP contribution in [-0.4, -0.2) is 16.9 Å². The van der Waals surface area contributed by atoms with Gasteiger partial charge in [-0.15, -0.1) is 0 Å². The molecule has 2 aromatic carbocycles. The van der Waals surface area contributed by atoms with Gasteiger partial charge in [-0.05, 0) is 19.1 Å². The molecule has 1 aromatic heterocycles. The SMILES string of the molecule is Cc1cc(C(=O)OC(C(N)=O)c2ccccc2)c2ccccc2n1. The van der Waals surface area contributed by atoms with Gasteiger partial charge in [0.1, 0.15) is 0 Å². The van der Waals surface area contributed by atoms with Crippen LogP contribution in [0, 0.1) is 6.92 Å². The highest BCUT2D eigenvalue weighted by Gasteiger charge is 2.24. The summed E-state index contributed by atoms with van der Waals surface area (Å²) in [6.07, 6.45) is -1.13. The Kier molecular flexibility index (Phi) is 4.24. The minimum absolute atomic E-state index is 0.361. The Bertz CT molecular complexity index is 907. The molecule has 120 valence electrons. The van der Waals surface area contributed by atoms with E-state index in [1.807, 2.05) is 24.3 Å². The number of carbonyl (C=O) groups excluding carboxylic acids is 2. The topological polar surface area (TPSA) is 82.3 Å². The van der Waals surface area contributed by atoms with Gasteiger partial charge in [-0.1, -0.05) is 48.5 Å². The highest BCUT2D eigenvalue weighted by molar-refractivity contribution is 6.04. The number of fused-ring (bicyclic) bond motifs is 1. The number of hydrogen-bond donors (Lipinski definition) is 1. The summed E-state index contributed by atoms with van der Waals surface area (Å²) in [5.41, 5.74) is 7.69. The van der Waals surface area contributed by atoms with E-state index in [0.717, 1.165) is 0 Å². The average Bonchev–Trinajstić information content (AvgIpc) is 2.59. The van der Waals surface area contributed by atoms with E-state index in [0.29, 0.717) is 27.7 Å². The second-order valence-electron chi connectivity index (χ2n) is 5.43. The van der Waals surface area contributed by atoms with Gasteiger partial charge in [-0.3, -0.25) is 9.78 Å². The van der Waals surface area contributed by atoms with Crippen LogP contribution < -0.4 is 5.73 Å². The summed E-state index contributed by atoms with van der Waals surface area (Å²) in [6.45, 7) is 1.80. The number of para-hydroxylation sites is 1. The first-order valence-corrected chi connectivity index (χ1v) is 7.48. The van der Waals surface area contributed by atoms with Crippen LogP contribution in [0.4, 0.5) is 0 Å². The van der Waals surface area contributed by atoms with E-state index < -0.39 is 18.0 Å². The quantitative estimate of drug-likeness (QED) is 0.749. The maximum absolute atomic E-state index is 12.6. The fourth-order valence-electron chi connectivity index (χ4n) is 2.57. The number of ether oxygens (including phenoxy) is 1. The molecule has 1 amide bonds. The van der Waals surface area contributed by atoms with Crippen LogP contribution >= 0.6 is 0 Å². The number of esters is 1. The fraction of sp³-hybridized carbons (Fsp3) is 0.105. The maximum Gasteiger partial charge on any atom is 0.340 e. The Morgan fingerprint density at radius 2 is 1.71 bits per heavy atom. The van der Waals surface area contributed by atoms with E-state index in [2.05, 4.69) is 4.98 Å². The van der Waals surface area contributed by atoms with Gasteiger partial charge < -0.3 is 10.5 Å². The van der Waals surface area contributed by atoms with Crippen LogP contribution in [0.25, 0.3) is 10.9 Å². The van der Waals surface area contributed by atoms with Crippen molar-refractivity contribution in [1.82, 2.24) is 4.98 Å². The van der Waals surface area contributed by atoms with Crippen LogP contribution in [0.15, 0.2) is 60.7 Å². The summed E-state index contributed by atoms with van der Waals surface area (Å²) in [7, 11) is 0. The van der Waals surface area contributed by atoms with E-state index in [1.54, 1.807) is 43.3 Å². The summed E-state index contributed by atoms with van der Waals surface area (Å²) in [6, 6.07) is 17.6. The van der Waals surface area contributed by atoms with Gasteiger partial charge in [0.25, 0.3) is 5.91 Å². The van der Waals surface area contributed by atoms with Crippen molar-refractivity contribution in [2.24, 2.45) is 5.73 Å². The van der Waals surface area contributed by atoms with Gasteiger partial charge in [0, 0.05) is 16.6 Å². The molecular weight excluding hydrogens is 304 g/mol. The van der Waals surface area contributed by atoms with Crippen molar-refractivity contribution in [3.05, 3.63) is 77.5 Å². The fourth-order valence-corrected chi connectivity index (χ4v) is 2.57. The first-order valence-electron chi connectivity index (χ1n) is 7.48. The molecule has 0 saturated heterocycles. The van der Waals surface area contributed by atoms with Crippen LogP contribution in [0.3, 0.4) is 0 Å². The zero-order chi connectivity index (χ0) is 17.1. The number of aryl methyl sites for hydroxylation is 1. The molecule has 0 aliphatic rings. The lowest BCUT2D eigenvalue weighted by Crippen LogP contribution is -2.26. The minimum atomic E-state index is -1.13. The van der Waals surface area contributed by atoms with Gasteiger partial charge in [0.15, 0.2) is 0 Å². The Hall–Kier alpha value is -3.21. The van der Waals surface area contributed by atoms with Gasteiger partial charge in [-0.25, -0.2) is 4.79 Å². The number of pyridine rings is 1. The monoisotopic (exact) mass is 320 g/mol. The normalized spacial score (nSPS) is 11.9. The zero-order valence-corrected chi connectivity index (χ0v) is 13.1. The molecule has 24 heavy (non-hydrogen) atoms. The number of rotatable bonds is 4. The molecule has 2 N–H and O–H groups in total. The Balaban J connectivity index is 1.99. The van der Waals surface area contributed by atoms with E-state index in [1.165, 1.54) is 0 Å². The average molecular weight is 320 g/mol. The van der Waals surface area contributed by atoms with Crippen LogP contribution in [0.5, 0.6) is 0 Å². The highest BCUT2D eigenvalue weighted by Crippen LogP contribution is 2.23. The first-order chi connectivity index (χ1) is 11.6. The lowest BCUT2D eigenvalue weighted by atomic mass is 10.1. The van der Waals surface area contributed by atoms with Crippen molar-refractivity contribution in [1.29, 1.82) is 0 Å². The molecule has 0 spiro atoms.